The molecule has 2 amide bonds. The summed E-state index contributed by atoms with van der Waals surface area (Å²) in [6.45, 7) is 8.15. The van der Waals surface area contributed by atoms with Crippen LogP contribution in [0.1, 0.15) is 77.1 Å². The van der Waals surface area contributed by atoms with Crippen LogP contribution in [-0.4, -0.2) is 50.5 Å². The minimum Gasteiger partial charge on any atom is -0.480 e. The molecule has 0 saturated heterocycles. The Morgan fingerprint density at radius 3 is 2.59 bits per heavy atom. The number of ether oxygens (including phenoxy) is 2. The molecule has 34 heavy (non-hydrogen) atoms. The van der Waals surface area contributed by atoms with Crippen molar-refractivity contribution >= 4 is 17.8 Å². The molecule has 0 bridgehead atoms. The van der Waals surface area contributed by atoms with Gasteiger partial charge in [0, 0.05) is 17.5 Å². The lowest BCUT2D eigenvalue weighted by Gasteiger charge is -2.22. The molecule has 0 aliphatic heterocycles. The first-order valence-electron chi connectivity index (χ1n) is 11.8. The van der Waals surface area contributed by atoms with Gasteiger partial charge in [0.25, 0.3) is 0 Å². The van der Waals surface area contributed by atoms with E-state index in [-0.39, 0.29) is 41.5 Å². The van der Waals surface area contributed by atoms with E-state index < -0.39 is 0 Å². The quantitative estimate of drug-likeness (QED) is 0.635. The predicted octanol–water partition coefficient (Wildman–Crippen LogP) is 3.53. The molecule has 2 aliphatic rings. The Labute approximate surface area is 199 Å². The fraction of sp³-hybridized carbons (Fsp3) is 0.625. The summed E-state index contributed by atoms with van der Waals surface area (Å²) in [4.78, 5) is 33.2. The van der Waals surface area contributed by atoms with Crippen LogP contribution in [0, 0.1) is 0 Å². The van der Waals surface area contributed by atoms with E-state index in [2.05, 4.69) is 20.6 Å². The lowest BCUT2D eigenvalue weighted by atomic mass is 10.0. The van der Waals surface area contributed by atoms with E-state index >= 15 is 0 Å². The van der Waals surface area contributed by atoms with Crippen LogP contribution < -0.4 is 15.4 Å². The maximum absolute atomic E-state index is 12.7. The number of rotatable bonds is 7. The van der Waals surface area contributed by atoms with E-state index in [9.17, 15) is 9.59 Å². The Hall–Kier alpha value is -3.17. The van der Waals surface area contributed by atoms with Crippen LogP contribution in [0.25, 0.3) is 0 Å². The van der Waals surface area contributed by atoms with Crippen molar-refractivity contribution < 1.29 is 19.1 Å². The number of hydrogen-bond donors (Lipinski definition) is 2. The largest absolute Gasteiger partial charge is 0.480 e. The van der Waals surface area contributed by atoms with E-state index in [4.69, 9.17) is 14.6 Å². The minimum absolute atomic E-state index is 0.0922. The number of aromatic nitrogens is 4. The molecule has 2 aromatic rings. The van der Waals surface area contributed by atoms with Gasteiger partial charge in [0.15, 0.2) is 0 Å². The number of alkyl carbamates (subject to hydrolysis) is 1. The molecule has 10 nitrogen and oxygen atoms in total. The molecular weight excluding hydrogens is 436 g/mol. The highest BCUT2D eigenvalue weighted by atomic mass is 16.6. The highest BCUT2D eigenvalue weighted by molar-refractivity contribution is 5.91. The van der Waals surface area contributed by atoms with E-state index in [0.717, 1.165) is 37.8 Å². The average Bonchev–Trinajstić information content (AvgIpc) is 3.14. The molecule has 2 saturated carbocycles. The van der Waals surface area contributed by atoms with Crippen LogP contribution in [0.3, 0.4) is 0 Å². The number of amides is 2. The Balaban J connectivity index is 1.40. The molecule has 184 valence electrons. The fourth-order valence-electron chi connectivity index (χ4n) is 4.15. The lowest BCUT2D eigenvalue weighted by Crippen LogP contribution is -2.36. The van der Waals surface area contributed by atoms with Crippen molar-refractivity contribution in [3.8, 4) is 5.88 Å². The minimum atomic E-state index is -0.333. The van der Waals surface area contributed by atoms with Crippen LogP contribution in [0.4, 0.5) is 10.6 Å². The van der Waals surface area contributed by atoms with Gasteiger partial charge in [-0.25, -0.2) is 14.5 Å². The van der Waals surface area contributed by atoms with Crippen molar-refractivity contribution in [2.75, 3.05) is 12.4 Å². The van der Waals surface area contributed by atoms with Crippen molar-refractivity contribution in [1.29, 1.82) is 0 Å². The zero-order chi connectivity index (χ0) is 24.5. The Bertz CT molecular complexity index is 1040. The monoisotopic (exact) mass is 470 g/mol. The van der Waals surface area contributed by atoms with E-state index in [1.165, 1.54) is 19.5 Å². The molecular formula is C24H34N6O4. The number of methoxy groups -OCH3 is 1. The summed E-state index contributed by atoms with van der Waals surface area (Å²) in [7, 11) is 1.52. The first kappa shape index (κ1) is 24.0. The molecule has 2 aliphatic carbocycles. The third-order valence-corrected chi connectivity index (χ3v) is 6.34. The average molecular weight is 471 g/mol. The zero-order valence-corrected chi connectivity index (χ0v) is 20.6. The van der Waals surface area contributed by atoms with Crippen LogP contribution in [-0.2, 0) is 21.5 Å². The molecule has 0 unspecified atom stereocenters. The zero-order valence-electron chi connectivity index (χ0n) is 20.6. The second-order valence-corrected chi connectivity index (χ2v) is 10.5. The maximum atomic E-state index is 12.7. The molecule has 4 rings (SSSR count). The first-order chi connectivity index (χ1) is 16.0. The standard InChI is InChI=1S/C24H34N6O4/c1-23(2,3)30-19(27-20(31)11-16-13-26-21(33-5)14-25-16)12-18(29-30)15-6-7-17(10-15)34-22(32)28-24(4)8-9-24/h12-15,17H,6-11H2,1-5H3,(H,27,31)(H,28,32)/t15-,17+/m0/s1. The lowest BCUT2D eigenvalue weighted by molar-refractivity contribution is -0.115. The van der Waals surface area contributed by atoms with Gasteiger partial charge < -0.3 is 20.1 Å². The molecule has 2 heterocycles. The molecule has 10 heteroatoms. The third kappa shape index (κ3) is 5.84. The van der Waals surface area contributed by atoms with Crippen LogP contribution in [0.15, 0.2) is 18.5 Å². The summed E-state index contributed by atoms with van der Waals surface area (Å²) in [5.74, 6) is 1.01. The smallest absolute Gasteiger partial charge is 0.407 e. The maximum Gasteiger partial charge on any atom is 0.407 e. The van der Waals surface area contributed by atoms with Gasteiger partial charge in [-0.15, -0.1) is 0 Å². The Kier molecular flexibility index (Phi) is 6.51. The molecule has 0 aromatic carbocycles. The van der Waals surface area contributed by atoms with E-state index in [1.54, 1.807) is 0 Å². The molecule has 2 N–H and O–H groups in total. The number of nitrogens with one attached hydrogen (secondary N) is 2. The number of carbonyl (C=O) groups is 2. The van der Waals surface area contributed by atoms with Crippen molar-refractivity contribution in [3.63, 3.8) is 0 Å². The van der Waals surface area contributed by atoms with Crippen molar-refractivity contribution in [1.82, 2.24) is 25.1 Å². The van der Waals surface area contributed by atoms with Gasteiger partial charge in [-0.2, -0.15) is 5.10 Å². The highest BCUT2D eigenvalue weighted by Gasteiger charge is 2.40. The predicted molar refractivity (Wildman–Crippen MR) is 126 cm³/mol. The van der Waals surface area contributed by atoms with Crippen LogP contribution >= 0.6 is 0 Å². The van der Waals surface area contributed by atoms with Crippen molar-refractivity contribution in [2.24, 2.45) is 0 Å². The molecule has 2 aromatic heterocycles. The van der Waals surface area contributed by atoms with E-state index in [1.807, 2.05) is 38.4 Å². The van der Waals surface area contributed by atoms with Crippen molar-refractivity contribution in [2.45, 2.75) is 89.3 Å². The number of carbonyl (C=O) groups excluding carboxylic acids is 2. The summed E-state index contributed by atoms with van der Waals surface area (Å²) in [5.41, 5.74) is 1.03. The second kappa shape index (κ2) is 9.23. The van der Waals surface area contributed by atoms with Gasteiger partial charge in [0.2, 0.25) is 11.8 Å². The van der Waals surface area contributed by atoms with Gasteiger partial charge in [-0.05, 0) is 59.8 Å². The SMILES string of the molecule is COc1cnc(CC(=O)Nc2cc([C@H]3CC[C@@H](OC(=O)NC4(C)CC4)C3)nn2C(C)(C)C)cn1. The summed E-state index contributed by atoms with van der Waals surface area (Å²) < 4.78 is 12.5. The van der Waals surface area contributed by atoms with E-state index in [0.29, 0.717) is 17.4 Å². The van der Waals surface area contributed by atoms with Gasteiger partial charge in [0.05, 0.1) is 42.9 Å². The van der Waals surface area contributed by atoms with Gasteiger partial charge in [-0.3, -0.25) is 9.78 Å². The molecule has 0 spiro atoms. The number of nitrogens with zero attached hydrogens (tertiary/aromatic N) is 4. The summed E-state index contributed by atoms with van der Waals surface area (Å²) in [5, 5.41) is 10.8. The molecule has 0 radical (unpaired) electrons. The summed E-state index contributed by atoms with van der Waals surface area (Å²) in [6, 6.07) is 1.93. The topological polar surface area (TPSA) is 120 Å². The second-order valence-electron chi connectivity index (χ2n) is 10.5. The highest BCUT2D eigenvalue weighted by Crippen LogP contribution is 2.38. The van der Waals surface area contributed by atoms with Crippen LogP contribution in [0.2, 0.25) is 0 Å². The molecule has 2 fully saturated rings. The normalized spacial score (nSPS) is 21.1. The van der Waals surface area contributed by atoms with Crippen molar-refractivity contribution in [3.05, 3.63) is 29.8 Å². The molecule has 2 atom stereocenters. The number of hydrogen-bond acceptors (Lipinski definition) is 7. The van der Waals surface area contributed by atoms with Gasteiger partial charge >= 0.3 is 6.09 Å². The third-order valence-electron chi connectivity index (χ3n) is 6.34. The number of anilines is 1. The Morgan fingerprint density at radius 1 is 1.21 bits per heavy atom. The van der Waals surface area contributed by atoms with Gasteiger partial charge in [0.1, 0.15) is 11.9 Å². The summed E-state index contributed by atoms with van der Waals surface area (Å²) >= 11 is 0. The fourth-order valence-corrected chi connectivity index (χ4v) is 4.15. The first-order valence-corrected chi connectivity index (χ1v) is 11.8. The van der Waals surface area contributed by atoms with Crippen LogP contribution in [0.5, 0.6) is 5.88 Å². The Morgan fingerprint density at radius 2 is 1.97 bits per heavy atom. The summed E-state index contributed by atoms with van der Waals surface area (Å²) in [6.07, 6.45) is 7.06. The van der Waals surface area contributed by atoms with Gasteiger partial charge in [-0.1, -0.05) is 0 Å².